The second-order valence-electron chi connectivity index (χ2n) is 9.77. The lowest BCUT2D eigenvalue weighted by molar-refractivity contribution is -0.156. The van der Waals surface area contributed by atoms with Crippen LogP contribution in [0.25, 0.3) is 0 Å². The zero-order chi connectivity index (χ0) is 27.8. The van der Waals surface area contributed by atoms with Gasteiger partial charge in [-0.15, -0.1) is 0 Å². The van der Waals surface area contributed by atoms with Crippen LogP contribution in [0.1, 0.15) is 49.8 Å². The highest BCUT2D eigenvalue weighted by molar-refractivity contribution is 5.81. The minimum Gasteiger partial charge on any atom is -0.497 e. The van der Waals surface area contributed by atoms with Crippen LogP contribution in [0.4, 0.5) is 0 Å². The molecule has 1 fully saturated rings. The summed E-state index contributed by atoms with van der Waals surface area (Å²) in [5.74, 6) is 1.02. The minimum atomic E-state index is -1.00. The number of carbonyl (C=O) groups excluding carboxylic acids is 2. The fourth-order valence-electron chi connectivity index (χ4n) is 4.98. The third-order valence-electron chi connectivity index (χ3n) is 6.99. The monoisotopic (exact) mass is 532 g/mol. The Balaban J connectivity index is 1.71. The molecule has 0 spiro atoms. The van der Waals surface area contributed by atoms with Crippen molar-refractivity contribution in [2.24, 2.45) is 0 Å². The Labute approximate surface area is 230 Å². The van der Waals surface area contributed by atoms with E-state index in [9.17, 15) is 9.59 Å². The van der Waals surface area contributed by atoms with E-state index < -0.39 is 23.8 Å². The van der Waals surface area contributed by atoms with Crippen molar-refractivity contribution in [3.63, 3.8) is 0 Å². The highest BCUT2D eigenvalue weighted by atomic mass is 16.6. The fourth-order valence-corrected chi connectivity index (χ4v) is 4.98. The van der Waals surface area contributed by atoms with Gasteiger partial charge in [0.25, 0.3) is 0 Å². The number of benzene rings is 3. The highest BCUT2D eigenvalue weighted by Crippen LogP contribution is 2.42. The van der Waals surface area contributed by atoms with Crippen molar-refractivity contribution in [3.8, 4) is 11.5 Å². The molecule has 0 saturated carbocycles. The summed E-state index contributed by atoms with van der Waals surface area (Å²) < 4.78 is 29.7. The Morgan fingerprint density at radius 3 is 1.87 bits per heavy atom. The Hall–Kier alpha value is -3.68. The summed E-state index contributed by atoms with van der Waals surface area (Å²) in [6.45, 7) is 3.59. The van der Waals surface area contributed by atoms with Crippen LogP contribution in [0, 0.1) is 0 Å². The van der Waals surface area contributed by atoms with Crippen LogP contribution in [0.5, 0.6) is 11.5 Å². The van der Waals surface area contributed by atoms with Gasteiger partial charge in [-0.05, 0) is 54.8 Å². The van der Waals surface area contributed by atoms with Gasteiger partial charge in [0.15, 0.2) is 0 Å². The molecule has 1 saturated heterocycles. The van der Waals surface area contributed by atoms with Crippen molar-refractivity contribution >= 4 is 11.8 Å². The van der Waals surface area contributed by atoms with Gasteiger partial charge in [-0.25, -0.2) is 0 Å². The van der Waals surface area contributed by atoms with Gasteiger partial charge in [0.2, 0.25) is 0 Å². The van der Waals surface area contributed by atoms with Gasteiger partial charge < -0.3 is 28.5 Å². The summed E-state index contributed by atoms with van der Waals surface area (Å²) >= 11 is 0. The first-order chi connectivity index (χ1) is 18.8. The molecule has 206 valence electrons. The first-order valence-electron chi connectivity index (χ1n) is 13.2. The van der Waals surface area contributed by atoms with E-state index in [4.69, 9.17) is 23.7 Å². The van der Waals surface area contributed by atoms with Gasteiger partial charge >= 0.3 is 5.97 Å². The second-order valence-corrected chi connectivity index (χ2v) is 9.77. The average molecular weight is 533 g/mol. The van der Waals surface area contributed by atoms with Crippen molar-refractivity contribution in [3.05, 3.63) is 95.6 Å². The van der Waals surface area contributed by atoms with Crippen LogP contribution >= 0.6 is 0 Å². The fraction of sp³-hybridized carbons (Fsp3) is 0.375. The van der Waals surface area contributed by atoms with E-state index in [2.05, 4.69) is 0 Å². The number of Topliss-reactive ketones (excluding diaryl/α,β-unsaturated/α-hetero) is 1. The molecule has 39 heavy (non-hydrogen) atoms. The molecular weight excluding hydrogens is 496 g/mol. The summed E-state index contributed by atoms with van der Waals surface area (Å²) in [5.41, 5.74) is 1.74. The van der Waals surface area contributed by atoms with E-state index in [0.29, 0.717) is 6.42 Å². The number of hydrogen-bond acceptors (Lipinski definition) is 7. The van der Waals surface area contributed by atoms with Crippen LogP contribution in [0.3, 0.4) is 0 Å². The predicted octanol–water partition coefficient (Wildman–Crippen LogP) is 5.47. The van der Waals surface area contributed by atoms with E-state index in [1.807, 2.05) is 85.8 Å². The van der Waals surface area contributed by atoms with E-state index in [1.165, 1.54) is 6.92 Å². The van der Waals surface area contributed by atoms with Crippen LogP contribution in [0.15, 0.2) is 78.9 Å². The SMILES string of the molecule is COc1ccc(C(OC[C@H]2O[C@@H](C)CC2OC(=O)CCC(C)=O)(c2ccccc2)c2ccc(OC)cc2)cc1. The van der Waals surface area contributed by atoms with Gasteiger partial charge in [0.05, 0.1) is 33.4 Å². The lowest BCUT2D eigenvalue weighted by atomic mass is 9.80. The normalized spacial score (nSPS) is 18.9. The maximum Gasteiger partial charge on any atom is 0.306 e. The van der Waals surface area contributed by atoms with Crippen molar-refractivity contribution in [1.82, 2.24) is 0 Å². The lowest BCUT2D eigenvalue weighted by Gasteiger charge is -2.37. The van der Waals surface area contributed by atoms with Crippen molar-refractivity contribution < 1.29 is 33.3 Å². The molecular formula is C32H36O7. The zero-order valence-electron chi connectivity index (χ0n) is 22.9. The smallest absolute Gasteiger partial charge is 0.306 e. The van der Waals surface area contributed by atoms with Crippen LogP contribution < -0.4 is 9.47 Å². The Kier molecular flexibility index (Phi) is 9.38. The number of methoxy groups -OCH3 is 2. The number of esters is 1. The molecule has 0 aliphatic carbocycles. The summed E-state index contributed by atoms with van der Waals surface area (Å²) in [6.07, 6.45) is -0.268. The molecule has 7 heteroatoms. The molecule has 1 aliphatic heterocycles. The largest absolute Gasteiger partial charge is 0.497 e. The lowest BCUT2D eigenvalue weighted by Crippen LogP contribution is -2.39. The number of carbonyl (C=O) groups is 2. The van der Waals surface area contributed by atoms with E-state index in [-0.39, 0.29) is 31.3 Å². The summed E-state index contributed by atoms with van der Waals surface area (Å²) in [4.78, 5) is 23.8. The molecule has 0 aromatic heterocycles. The molecule has 1 heterocycles. The van der Waals surface area contributed by atoms with Gasteiger partial charge in [-0.2, -0.15) is 0 Å². The van der Waals surface area contributed by atoms with Crippen LogP contribution in [-0.2, 0) is 29.4 Å². The van der Waals surface area contributed by atoms with Gasteiger partial charge in [-0.3, -0.25) is 4.79 Å². The Bertz CT molecular complexity index is 1170. The second kappa shape index (κ2) is 12.9. The van der Waals surface area contributed by atoms with Crippen molar-refractivity contribution in [1.29, 1.82) is 0 Å². The van der Waals surface area contributed by atoms with E-state index >= 15 is 0 Å². The topological polar surface area (TPSA) is 80.3 Å². The first-order valence-corrected chi connectivity index (χ1v) is 13.2. The molecule has 0 radical (unpaired) electrons. The minimum absolute atomic E-state index is 0.0468. The molecule has 0 bridgehead atoms. The van der Waals surface area contributed by atoms with Crippen LogP contribution in [0.2, 0.25) is 0 Å². The number of hydrogen-bond donors (Lipinski definition) is 0. The quantitative estimate of drug-likeness (QED) is 0.226. The average Bonchev–Trinajstić information content (AvgIpc) is 3.31. The number of ether oxygens (including phenoxy) is 5. The zero-order valence-corrected chi connectivity index (χ0v) is 22.9. The van der Waals surface area contributed by atoms with E-state index in [1.54, 1.807) is 14.2 Å². The standard InChI is InChI=1S/C32H36O7/c1-22(33)10-19-31(34)39-29-20-23(2)38-30(29)21-37-32(24-8-6-5-7-9-24,25-11-15-27(35-3)16-12-25)26-13-17-28(36-4)18-14-26/h5-9,11-18,23,29-30H,10,19-21H2,1-4H3/t23-,29?,30+/m0/s1. The third-order valence-corrected chi connectivity index (χ3v) is 6.99. The molecule has 3 atom stereocenters. The van der Waals surface area contributed by atoms with Gasteiger partial charge in [0, 0.05) is 12.8 Å². The highest BCUT2D eigenvalue weighted by Gasteiger charge is 2.42. The van der Waals surface area contributed by atoms with Gasteiger partial charge in [-0.1, -0.05) is 54.6 Å². The summed E-state index contributed by atoms with van der Waals surface area (Å²) in [6, 6.07) is 25.6. The van der Waals surface area contributed by atoms with E-state index in [0.717, 1.165) is 28.2 Å². The number of ketones is 1. The maximum absolute atomic E-state index is 12.4. The molecule has 0 amide bonds. The Morgan fingerprint density at radius 2 is 1.36 bits per heavy atom. The molecule has 3 aromatic rings. The molecule has 3 aromatic carbocycles. The van der Waals surface area contributed by atoms with Crippen molar-refractivity contribution in [2.75, 3.05) is 20.8 Å². The first kappa shape index (κ1) is 28.3. The summed E-state index contributed by atoms with van der Waals surface area (Å²) in [5, 5.41) is 0. The number of rotatable bonds is 12. The van der Waals surface area contributed by atoms with Gasteiger partial charge in [0.1, 0.15) is 35.1 Å². The molecule has 1 unspecified atom stereocenters. The summed E-state index contributed by atoms with van der Waals surface area (Å²) in [7, 11) is 3.27. The molecule has 4 rings (SSSR count). The molecule has 0 N–H and O–H groups in total. The Morgan fingerprint density at radius 1 is 0.821 bits per heavy atom. The molecule has 1 aliphatic rings. The van der Waals surface area contributed by atoms with Crippen LogP contribution in [-0.4, -0.2) is 50.9 Å². The third kappa shape index (κ3) is 6.67. The van der Waals surface area contributed by atoms with Crippen molar-refractivity contribution in [2.45, 2.75) is 57.0 Å². The predicted molar refractivity (Wildman–Crippen MR) is 147 cm³/mol. The molecule has 7 nitrogen and oxygen atoms in total. The maximum atomic E-state index is 12.4.